The van der Waals surface area contributed by atoms with Crippen molar-refractivity contribution in [3.05, 3.63) is 46.6 Å². The predicted molar refractivity (Wildman–Crippen MR) is 125 cm³/mol. The first-order valence-corrected chi connectivity index (χ1v) is 16.4. The van der Waals surface area contributed by atoms with Crippen LogP contribution in [-0.4, -0.2) is 6.19 Å². The summed E-state index contributed by atoms with van der Waals surface area (Å²) in [5, 5.41) is 0. The number of hydrogen-bond donors (Lipinski definition) is 0. The minimum absolute atomic E-state index is 0. The molecule has 2 aliphatic rings. The molecule has 0 radical (unpaired) electrons. The summed E-state index contributed by atoms with van der Waals surface area (Å²) in [4.78, 5) is 0. The van der Waals surface area contributed by atoms with Crippen molar-refractivity contribution in [3.63, 3.8) is 0 Å². The van der Waals surface area contributed by atoms with Gasteiger partial charge in [-0.15, -0.1) is 12.8 Å². The summed E-state index contributed by atoms with van der Waals surface area (Å²) in [6.07, 6.45) is 26.7. The van der Waals surface area contributed by atoms with E-state index >= 15 is 0 Å². The van der Waals surface area contributed by atoms with Gasteiger partial charge in [0.05, 0.1) is 0 Å². The third kappa shape index (κ3) is 20.4. The van der Waals surface area contributed by atoms with Gasteiger partial charge in [0.1, 0.15) is 0 Å². The summed E-state index contributed by atoms with van der Waals surface area (Å²) < 4.78 is 0. The van der Waals surface area contributed by atoms with Crippen molar-refractivity contribution in [2.45, 2.75) is 118 Å². The van der Waals surface area contributed by atoms with Crippen molar-refractivity contribution in [1.82, 2.24) is 0 Å². The van der Waals surface area contributed by atoms with E-state index in [-0.39, 0.29) is 31.0 Å². The van der Waals surface area contributed by atoms with Gasteiger partial charge >= 0.3 is 38.5 Å². The van der Waals surface area contributed by atoms with Crippen LogP contribution in [0.5, 0.6) is 0 Å². The molecule has 0 nitrogen and oxygen atoms in total. The summed E-state index contributed by atoms with van der Waals surface area (Å²) in [6.45, 7) is 13.5. The first kappa shape index (κ1) is 35.1. The van der Waals surface area contributed by atoms with Crippen LogP contribution < -0.4 is 24.8 Å². The van der Waals surface area contributed by atoms with Crippen LogP contribution in [0.2, 0.25) is 13.1 Å². The van der Waals surface area contributed by atoms with Crippen molar-refractivity contribution >= 4 is 6.19 Å². The summed E-state index contributed by atoms with van der Waals surface area (Å²) in [7, 11) is 0. The second-order valence-electron chi connectivity index (χ2n) is 8.07. The van der Waals surface area contributed by atoms with E-state index in [1.54, 1.807) is 11.1 Å². The number of allylic oxidation sites excluding steroid dienone is 8. The number of hydrogen-bond acceptors (Lipinski definition) is 0. The number of unbranched alkanes of at least 4 members (excludes halogenated alkanes) is 2. The second kappa shape index (κ2) is 24.1. The Bertz CT molecular complexity index is 511. The molecule has 0 aromatic rings. The van der Waals surface area contributed by atoms with Crippen LogP contribution in [0.3, 0.4) is 0 Å². The topological polar surface area (TPSA) is 0 Å². The molecule has 0 unspecified atom stereocenters. The molecule has 0 atom stereocenters. The van der Waals surface area contributed by atoms with Gasteiger partial charge in [-0.25, -0.2) is 23.3 Å². The van der Waals surface area contributed by atoms with Crippen molar-refractivity contribution in [3.8, 4) is 0 Å². The maximum Gasteiger partial charge on any atom is -1.00 e. The van der Waals surface area contributed by atoms with Gasteiger partial charge in [0, 0.05) is 0 Å². The Morgan fingerprint density at radius 3 is 1.30 bits per heavy atom. The van der Waals surface area contributed by atoms with Crippen LogP contribution in [0, 0.1) is 12.2 Å². The Labute approximate surface area is 213 Å². The molecule has 2 rings (SSSR count). The second-order valence-corrected chi connectivity index (χ2v) is 14.8. The van der Waals surface area contributed by atoms with Gasteiger partial charge in [-0.05, 0) is 12.8 Å². The van der Waals surface area contributed by atoms with Gasteiger partial charge in [0.25, 0.3) is 0 Å². The fourth-order valence-corrected chi connectivity index (χ4v) is 3.14. The molecule has 172 valence electrons. The molecule has 0 aliphatic heterocycles. The van der Waals surface area contributed by atoms with E-state index in [1.807, 2.05) is 0 Å². The molecule has 0 fully saturated rings. The zero-order valence-corrected chi connectivity index (χ0v) is 24.5. The van der Waals surface area contributed by atoms with Gasteiger partial charge in [0.15, 0.2) is 0 Å². The number of rotatable bonds is 10. The molecule has 0 saturated heterocycles. The van der Waals surface area contributed by atoms with E-state index in [0.717, 1.165) is 12.8 Å². The van der Waals surface area contributed by atoms with Gasteiger partial charge in [-0.3, -0.25) is 12.2 Å². The smallest absolute Gasteiger partial charge is 1.00 e. The van der Waals surface area contributed by atoms with E-state index in [2.05, 4.69) is 84.3 Å². The predicted octanol–water partition coefficient (Wildman–Crippen LogP) is 2.87. The summed E-state index contributed by atoms with van der Waals surface area (Å²) >= 11 is 2.27. The molecule has 2 aliphatic carbocycles. The molecule has 0 aromatic carbocycles. The quantitative estimate of drug-likeness (QED) is 0.318. The van der Waals surface area contributed by atoms with Gasteiger partial charge in [0.2, 0.25) is 0 Å². The van der Waals surface area contributed by atoms with Crippen LogP contribution in [0.25, 0.3) is 0 Å². The Morgan fingerprint density at radius 2 is 1.03 bits per heavy atom. The van der Waals surface area contributed by atoms with Gasteiger partial charge in [-0.1, -0.05) is 79.1 Å². The minimum atomic E-state index is 0. The van der Waals surface area contributed by atoms with Crippen molar-refractivity contribution in [1.29, 1.82) is 0 Å². The molecule has 0 amide bonds. The standard InChI is InChI=1S/2C12H19.C2H6Si.2ClH.Ti/c2*1-3-5-7-12-9-8-11(10-12)6-4-2;1-3-2;;;/h2*10H,3-7,9H2,1-2H3;1-2H3;2*1H;/q2*-1;;;;+2/p-2. The van der Waals surface area contributed by atoms with Gasteiger partial charge < -0.3 is 24.8 Å². The number of halogens is 2. The van der Waals surface area contributed by atoms with Crippen LogP contribution in [-0.2, 0) is 19.2 Å². The molecule has 0 spiro atoms. The largest absolute Gasteiger partial charge is 1.00 e. The maximum atomic E-state index is 3.44. The van der Waals surface area contributed by atoms with Crippen LogP contribution in [0.4, 0.5) is 0 Å². The van der Waals surface area contributed by atoms with E-state index in [0.29, 0.717) is 0 Å². The van der Waals surface area contributed by atoms with E-state index in [1.165, 1.54) is 75.4 Å². The monoisotopic (exact) mass is 502 g/mol. The van der Waals surface area contributed by atoms with E-state index in [9.17, 15) is 0 Å². The van der Waals surface area contributed by atoms with Crippen LogP contribution >= 0.6 is 0 Å². The first-order valence-electron chi connectivity index (χ1n) is 11.6. The summed E-state index contributed by atoms with van der Waals surface area (Å²) in [5.74, 6) is 0. The van der Waals surface area contributed by atoms with Crippen LogP contribution in [0.1, 0.15) is 105 Å². The molecule has 0 saturated carbocycles. The Kier molecular flexibility index (Phi) is 28.2. The fraction of sp³-hybridized carbons (Fsp3) is 0.692. The molecular formula is C26H44Cl2SiTi-2. The normalized spacial score (nSPS) is 13.9. The maximum absolute atomic E-state index is 3.44. The minimum Gasteiger partial charge on any atom is -1.00 e. The summed E-state index contributed by atoms with van der Waals surface area (Å²) in [5.41, 5.74) is 6.09. The van der Waals surface area contributed by atoms with Crippen molar-refractivity contribution < 1.29 is 44.0 Å². The SMILES string of the molecule is CCCCC1=CC(CCC)=[C-]C1.CCCCC1=CC(CCC)=[C-]C1.C[Si](C)=[Ti+2].[Cl-].[Cl-]. The fourth-order valence-electron chi connectivity index (χ4n) is 3.14. The molecule has 30 heavy (non-hydrogen) atoms. The zero-order chi connectivity index (χ0) is 21.2. The molecular weight excluding hydrogens is 459 g/mol. The van der Waals surface area contributed by atoms with Crippen molar-refractivity contribution in [2.24, 2.45) is 0 Å². The van der Waals surface area contributed by atoms with E-state index < -0.39 is 0 Å². The van der Waals surface area contributed by atoms with Crippen LogP contribution in [0.15, 0.2) is 34.4 Å². The van der Waals surface area contributed by atoms with E-state index in [4.69, 9.17) is 0 Å². The Hall–Kier alpha value is 0.471. The first-order chi connectivity index (χ1) is 13.5. The third-order valence-electron chi connectivity index (χ3n) is 4.58. The Morgan fingerprint density at radius 1 is 0.700 bits per heavy atom. The zero-order valence-electron chi connectivity index (χ0n) is 20.4. The molecule has 0 heterocycles. The third-order valence-corrected chi connectivity index (χ3v) is 4.58. The average Bonchev–Trinajstić information content (AvgIpc) is 3.28. The summed E-state index contributed by atoms with van der Waals surface area (Å²) in [6, 6.07) is 0. The molecule has 0 N–H and O–H groups in total. The van der Waals surface area contributed by atoms with Crippen molar-refractivity contribution in [2.75, 3.05) is 0 Å². The average molecular weight is 503 g/mol. The molecule has 4 heteroatoms. The molecule has 0 aromatic heterocycles. The Balaban J connectivity index is -0.000000391. The van der Waals surface area contributed by atoms with Gasteiger partial charge in [-0.2, -0.15) is 11.1 Å². The molecule has 0 bridgehead atoms.